The summed E-state index contributed by atoms with van der Waals surface area (Å²) in [5.41, 5.74) is 4.09. The molecule has 4 aromatic carbocycles. The normalized spacial score (nSPS) is 12.1. The number of benzene rings is 4. The molecule has 0 spiro atoms. The third-order valence-corrected chi connectivity index (χ3v) is 13.7. The maximum absolute atomic E-state index is 11.8. The molecule has 0 fully saturated rings. The minimum atomic E-state index is -1.81. The molecule has 0 aliphatic carbocycles. The topological polar surface area (TPSA) is 74.0 Å². The van der Waals surface area contributed by atoms with Crippen LogP contribution < -0.4 is 4.40 Å². The first-order valence-electron chi connectivity index (χ1n) is 16.4. The van der Waals surface area contributed by atoms with Gasteiger partial charge < -0.3 is 5.11 Å². The summed E-state index contributed by atoms with van der Waals surface area (Å²) in [6.45, 7) is 11.7. The van der Waals surface area contributed by atoms with Crippen molar-refractivity contribution in [3.05, 3.63) is 109 Å². The molecule has 0 aliphatic heterocycles. The number of allylic oxidation sites excluding steroid dienone is 2. The molecule has 251 valence electrons. The number of carbonyl (C=O) groups excluding carboxylic acids is 1. The Kier molecular flexibility index (Phi) is 12.8. The zero-order valence-corrected chi connectivity index (χ0v) is 34.2. The van der Waals surface area contributed by atoms with E-state index in [0.29, 0.717) is 5.56 Å². The van der Waals surface area contributed by atoms with Gasteiger partial charge in [-0.1, -0.05) is 65.1 Å². The van der Waals surface area contributed by atoms with Gasteiger partial charge in [0, 0.05) is 37.0 Å². The molecule has 5 aromatic rings. The Labute approximate surface area is 303 Å². The molecular weight excluding hydrogens is 829 g/mol. The second-order valence-electron chi connectivity index (χ2n) is 14.5. The largest absolute Gasteiger partial charge is 0 e. The standard InChI is InChI=1S/C29H23GeN2.C13H24O2.Ir/c1-30(2,3)26-11-8-20(9-12-26)21-10-13-28-23(16-21)14-15-32-29(28)24-17-22-6-4-5-7-27(22)25(18-24)19-31;1-7-12(3,4)10(14)9-11(15)13(5,6)8-2;/h4-16,18H,1-3H3;9,14H,7-8H2,1-6H3;/q-1;;/b;10-9-;. The first kappa shape index (κ1) is 38.9. The number of nitriles is 1. The van der Waals surface area contributed by atoms with Crippen molar-refractivity contribution in [1.82, 2.24) is 4.98 Å². The molecular formula is C42H47GeIrN2O2-. The van der Waals surface area contributed by atoms with E-state index in [-0.39, 0.29) is 42.5 Å². The van der Waals surface area contributed by atoms with Gasteiger partial charge in [-0.25, -0.2) is 0 Å². The summed E-state index contributed by atoms with van der Waals surface area (Å²) in [7, 11) is 0. The minimum Gasteiger partial charge on any atom is 0 e. The van der Waals surface area contributed by atoms with Crippen molar-refractivity contribution in [3.8, 4) is 28.5 Å². The van der Waals surface area contributed by atoms with Gasteiger partial charge in [0.25, 0.3) is 0 Å². The fourth-order valence-corrected chi connectivity index (χ4v) is 7.50. The third-order valence-electron chi connectivity index (χ3n) is 9.40. The number of aliphatic hydroxyl groups is 1. The monoisotopic (exact) mass is 878 g/mol. The quantitative estimate of drug-likeness (QED) is 0.0729. The van der Waals surface area contributed by atoms with Crippen molar-refractivity contribution >= 4 is 45.0 Å². The average Bonchev–Trinajstić information content (AvgIpc) is 3.07. The molecule has 1 heterocycles. The Balaban J connectivity index is 0.000000334. The van der Waals surface area contributed by atoms with Gasteiger partial charge in [0.05, 0.1) is 6.07 Å². The van der Waals surface area contributed by atoms with E-state index in [1.165, 1.54) is 21.6 Å². The summed E-state index contributed by atoms with van der Waals surface area (Å²) in [5.74, 6) is 7.45. The van der Waals surface area contributed by atoms with Crippen molar-refractivity contribution in [2.45, 2.75) is 71.7 Å². The van der Waals surface area contributed by atoms with Crippen LogP contribution in [0.25, 0.3) is 43.9 Å². The number of hydrogen-bond acceptors (Lipinski definition) is 4. The van der Waals surface area contributed by atoms with Crippen LogP contribution in [-0.2, 0) is 24.9 Å². The third kappa shape index (κ3) is 8.91. The molecule has 0 bridgehead atoms. The molecule has 0 saturated carbocycles. The van der Waals surface area contributed by atoms with Crippen LogP contribution in [0.5, 0.6) is 0 Å². The zero-order chi connectivity index (χ0) is 34.6. The van der Waals surface area contributed by atoms with Crippen molar-refractivity contribution in [2.75, 3.05) is 0 Å². The second-order valence-corrected chi connectivity index (χ2v) is 25.2. The van der Waals surface area contributed by atoms with Gasteiger partial charge in [-0.3, -0.25) is 4.79 Å². The predicted molar refractivity (Wildman–Crippen MR) is 201 cm³/mol. The van der Waals surface area contributed by atoms with Crippen molar-refractivity contribution in [1.29, 1.82) is 5.26 Å². The Morgan fingerprint density at radius 1 is 0.875 bits per heavy atom. The van der Waals surface area contributed by atoms with E-state index < -0.39 is 13.3 Å². The van der Waals surface area contributed by atoms with Gasteiger partial charge in [-0.05, 0) is 12.8 Å². The Morgan fingerprint density at radius 3 is 2.10 bits per heavy atom. The van der Waals surface area contributed by atoms with Crippen LogP contribution >= 0.6 is 0 Å². The molecule has 1 aromatic heterocycles. The number of hydrogen-bond donors (Lipinski definition) is 1. The summed E-state index contributed by atoms with van der Waals surface area (Å²) in [4.78, 5) is 16.5. The molecule has 0 unspecified atom stereocenters. The van der Waals surface area contributed by atoms with Gasteiger partial charge in [-0.2, -0.15) is 5.26 Å². The summed E-state index contributed by atoms with van der Waals surface area (Å²) in [6, 6.07) is 33.2. The van der Waals surface area contributed by atoms with Crippen molar-refractivity contribution in [2.24, 2.45) is 10.8 Å². The van der Waals surface area contributed by atoms with Crippen molar-refractivity contribution in [3.63, 3.8) is 0 Å². The fourth-order valence-electron chi connectivity index (χ4n) is 5.06. The molecule has 0 aliphatic rings. The number of ketones is 1. The van der Waals surface area contributed by atoms with E-state index in [4.69, 9.17) is 0 Å². The Bertz CT molecular complexity index is 1980. The van der Waals surface area contributed by atoms with E-state index in [1.807, 2.05) is 84.1 Å². The maximum atomic E-state index is 11.8. The predicted octanol–water partition coefficient (Wildman–Crippen LogP) is 10.8. The average molecular weight is 877 g/mol. The summed E-state index contributed by atoms with van der Waals surface area (Å²) >= 11 is -1.81. The summed E-state index contributed by atoms with van der Waals surface area (Å²) in [6.07, 6.45) is 4.83. The van der Waals surface area contributed by atoms with E-state index in [0.717, 1.165) is 45.6 Å². The van der Waals surface area contributed by atoms with Gasteiger partial charge in [0.1, 0.15) is 5.76 Å². The summed E-state index contributed by atoms with van der Waals surface area (Å²) in [5, 5.41) is 23.6. The first-order valence-corrected chi connectivity index (χ1v) is 23.8. The Hall–Kier alpha value is -3.56. The van der Waals surface area contributed by atoms with Crippen LogP contribution in [0.15, 0.2) is 96.9 Å². The van der Waals surface area contributed by atoms with Crippen LogP contribution in [0.1, 0.15) is 59.9 Å². The van der Waals surface area contributed by atoms with E-state index in [2.05, 4.69) is 76.9 Å². The molecule has 0 atom stereocenters. The molecule has 5 rings (SSSR count). The molecule has 0 amide bonds. The van der Waals surface area contributed by atoms with Crippen LogP contribution in [0.2, 0.25) is 17.3 Å². The van der Waals surface area contributed by atoms with Gasteiger partial charge in [0.15, 0.2) is 5.78 Å². The number of carbonyl (C=O) groups is 1. The van der Waals surface area contributed by atoms with E-state index >= 15 is 0 Å². The molecule has 1 radical (unpaired) electrons. The van der Waals surface area contributed by atoms with Gasteiger partial charge in [0.2, 0.25) is 0 Å². The van der Waals surface area contributed by atoms with Crippen LogP contribution in [-0.4, -0.2) is 29.1 Å². The molecule has 1 N–H and O–H groups in total. The van der Waals surface area contributed by atoms with E-state index in [9.17, 15) is 15.2 Å². The zero-order valence-electron chi connectivity index (χ0n) is 29.7. The number of aliphatic hydroxyl groups excluding tert-OH is 1. The van der Waals surface area contributed by atoms with Crippen molar-refractivity contribution < 1.29 is 30.0 Å². The van der Waals surface area contributed by atoms with Gasteiger partial charge in [-0.15, -0.1) is 6.07 Å². The number of aromatic nitrogens is 1. The smallest absolute Gasteiger partial charge is 0 e. The first-order chi connectivity index (χ1) is 22.1. The molecule has 4 nitrogen and oxygen atoms in total. The number of fused-ring (bicyclic) bond motifs is 2. The molecule has 0 saturated heterocycles. The van der Waals surface area contributed by atoms with Crippen LogP contribution in [0.4, 0.5) is 0 Å². The second kappa shape index (κ2) is 15.8. The fraction of sp³-hybridized carbons (Fsp3) is 0.310. The Morgan fingerprint density at radius 2 is 1.50 bits per heavy atom. The SMILES string of the molecule is CCC(C)(C)C(=O)/C=C(\O)C(C)(C)CC.[CH3][Ge]([CH3])([CH3])[c]1ccc(-c2ccc3c(-c4[c-]c5ccccc5c(C#N)c4)nccc3c2)cc1.[Ir]. The van der Waals surface area contributed by atoms with Gasteiger partial charge >= 0.3 is 151 Å². The maximum Gasteiger partial charge on any atom is 0 e. The number of pyridine rings is 1. The summed E-state index contributed by atoms with van der Waals surface area (Å²) < 4.78 is 1.51. The number of nitrogens with zero attached hydrogens (tertiary/aromatic N) is 2. The minimum absolute atomic E-state index is 0. The van der Waals surface area contributed by atoms with Crippen LogP contribution in [0, 0.1) is 28.2 Å². The molecule has 6 heteroatoms. The van der Waals surface area contributed by atoms with E-state index in [1.54, 1.807) is 0 Å². The number of rotatable bonds is 8. The van der Waals surface area contributed by atoms with Crippen LogP contribution in [0.3, 0.4) is 0 Å². The molecule has 48 heavy (non-hydrogen) atoms.